The molecular weight excluding hydrogens is 316 g/mol. The van der Waals surface area contributed by atoms with E-state index in [0.29, 0.717) is 10.0 Å². The summed E-state index contributed by atoms with van der Waals surface area (Å²) in [7, 11) is 0. The van der Waals surface area contributed by atoms with Crippen molar-refractivity contribution in [2.24, 2.45) is 0 Å². The standard InChI is InChI=1S/C12H11BrN2O4/c1-3-19-12(16)9(6-14)8-4-7(2)10(13)5-11(8)15(17)18/h4-5,9H,3H2,1-2H3. The molecule has 1 rings (SSSR count). The SMILES string of the molecule is CCOC(=O)C(C#N)c1cc(C)c(Br)cc1[N+](=O)[O-]. The third-order valence-electron chi connectivity index (χ3n) is 2.47. The quantitative estimate of drug-likeness (QED) is 0.481. The molecule has 6 nitrogen and oxygen atoms in total. The van der Waals surface area contributed by atoms with Crippen molar-refractivity contribution in [1.29, 1.82) is 5.26 Å². The van der Waals surface area contributed by atoms with E-state index in [1.165, 1.54) is 12.1 Å². The van der Waals surface area contributed by atoms with E-state index in [0.717, 1.165) is 0 Å². The predicted octanol–water partition coefficient (Wildman–Crippen LogP) is 2.84. The number of nitriles is 1. The first kappa shape index (κ1) is 15.1. The Balaban J connectivity index is 3.39. The molecule has 7 heteroatoms. The number of halogens is 1. The second-order valence-corrected chi connectivity index (χ2v) is 4.59. The Hall–Kier alpha value is -1.94. The molecule has 100 valence electrons. The van der Waals surface area contributed by atoms with Crippen LogP contribution in [0, 0.1) is 28.4 Å². The Morgan fingerprint density at radius 1 is 1.63 bits per heavy atom. The van der Waals surface area contributed by atoms with Crippen LogP contribution in [0.15, 0.2) is 16.6 Å². The molecule has 0 aliphatic carbocycles. The zero-order valence-electron chi connectivity index (χ0n) is 10.3. The number of benzene rings is 1. The van der Waals surface area contributed by atoms with Crippen molar-refractivity contribution >= 4 is 27.6 Å². The molecule has 1 aromatic carbocycles. The zero-order chi connectivity index (χ0) is 14.6. The largest absolute Gasteiger partial charge is 0.465 e. The number of hydrogen-bond donors (Lipinski definition) is 0. The molecule has 0 saturated carbocycles. The summed E-state index contributed by atoms with van der Waals surface area (Å²) in [6.07, 6.45) is 0. The number of nitro benzene ring substituents is 1. The lowest BCUT2D eigenvalue weighted by atomic mass is 9.97. The third-order valence-corrected chi connectivity index (χ3v) is 3.32. The fourth-order valence-corrected chi connectivity index (χ4v) is 1.89. The zero-order valence-corrected chi connectivity index (χ0v) is 11.9. The van der Waals surface area contributed by atoms with E-state index >= 15 is 0 Å². The average molecular weight is 327 g/mol. The number of ether oxygens (including phenoxy) is 1. The van der Waals surface area contributed by atoms with Gasteiger partial charge in [-0.05, 0) is 25.5 Å². The van der Waals surface area contributed by atoms with Gasteiger partial charge in [0.05, 0.1) is 23.2 Å². The van der Waals surface area contributed by atoms with Crippen LogP contribution in [0.3, 0.4) is 0 Å². The summed E-state index contributed by atoms with van der Waals surface area (Å²) in [6, 6.07) is 4.49. The predicted molar refractivity (Wildman–Crippen MR) is 70.5 cm³/mol. The highest BCUT2D eigenvalue weighted by Crippen LogP contribution is 2.32. The van der Waals surface area contributed by atoms with Gasteiger partial charge in [-0.1, -0.05) is 15.9 Å². The van der Waals surface area contributed by atoms with Crippen molar-refractivity contribution in [2.75, 3.05) is 6.61 Å². The van der Waals surface area contributed by atoms with Crippen LogP contribution in [-0.2, 0) is 9.53 Å². The first-order valence-corrected chi connectivity index (χ1v) is 6.22. The Labute approximate surface area is 118 Å². The molecule has 0 aromatic heterocycles. The van der Waals surface area contributed by atoms with Crippen molar-refractivity contribution in [2.45, 2.75) is 19.8 Å². The van der Waals surface area contributed by atoms with Gasteiger partial charge in [0.15, 0.2) is 5.92 Å². The van der Waals surface area contributed by atoms with Crippen LogP contribution in [-0.4, -0.2) is 17.5 Å². The molecule has 0 aliphatic rings. The van der Waals surface area contributed by atoms with Gasteiger partial charge < -0.3 is 4.74 Å². The van der Waals surface area contributed by atoms with Crippen LogP contribution in [0.25, 0.3) is 0 Å². The number of nitro groups is 1. The van der Waals surface area contributed by atoms with Crippen LogP contribution in [0.5, 0.6) is 0 Å². The molecule has 0 saturated heterocycles. The minimum atomic E-state index is -1.30. The molecule has 1 aromatic rings. The number of carbonyl (C=O) groups is 1. The molecule has 1 atom stereocenters. The van der Waals surface area contributed by atoms with Crippen LogP contribution in [0.2, 0.25) is 0 Å². The number of esters is 1. The Bertz CT molecular complexity index is 566. The molecular formula is C12H11BrN2O4. The molecule has 0 radical (unpaired) electrons. The first-order chi connectivity index (χ1) is 8.92. The molecule has 0 amide bonds. The lowest BCUT2D eigenvalue weighted by molar-refractivity contribution is -0.385. The Morgan fingerprint density at radius 3 is 2.74 bits per heavy atom. The van der Waals surface area contributed by atoms with Gasteiger partial charge in [0.2, 0.25) is 0 Å². The van der Waals surface area contributed by atoms with Gasteiger partial charge in [0, 0.05) is 10.5 Å². The van der Waals surface area contributed by atoms with E-state index in [4.69, 9.17) is 10.00 Å². The monoisotopic (exact) mass is 326 g/mol. The minimum absolute atomic E-state index is 0.0478. The molecule has 0 aliphatic heterocycles. The fourth-order valence-electron chi connectivity index (χ4n) is 1.56. The maximum atomic E-state index is 11.7. The Kier molecular flexibility index (Phi) is 5.01. The van der Waals surface area contributed by atoms with Gasteiger partial charge in [-0.3, -0.25) is 14.9 Å². The van der Waals surface area contributed by atoms with E-state index in [1.54, 1.807) is 19.9 Å². The molecule has 0 N–H and O–H groups in total. The smallest absolute Gasteiger partial charge is 0.328 e. The van der Waals surface area contributed by atoms with E-state index in [9.17, 15) is 14.9 Å². The van der Waals surface area contributed by atoms with Crippen LogP contribution in [0.4, 0.5) is 5.69 Å². The van der Waals surface area contributed by atoms with Gasteiger partial charge in [-0.25, -0.2) is 0 Å². The molecule has 0 heterocycles. The van der Waals surface area contributed by atoms with Gasteiger partial charge in [-0.2, -0.15) is 5.26 Å². The van der Waals surface area contributed by atoms with Crippen LogP contribution in [0.1, 0.15) is 24.0 Å². The second-order valence-electron chi connectivity index (χ2n) is 3.73. The summed E-state index contributed by atoms with van der Waals surface area (Å²) in [4.78, 5) is 22.1. The number of carbonyl (C=O) groups excluding carboxylic acids is 1. The molecule has 0 bridgehead atoms. The van der Waals surface area contributed by atoms with Crippen molar-refractivity contribution in [1.82, 2.24) is 0 Å². The second kappa shape index (κ2) is 6.29. The molecule has 1 unspecified atom stereocenters. The fraction of sp³-hybridized carbons (Fsp3) is 0.333. The number of nitrogens with zero attached hydrogens (tertiary/aromatic N) is 2. The summed E-state index contributed by atoms with van der Waals surface area (Å²) >= 11 is 3.18. The van der Waals surface area contributed by atoms with E-state index in [1.807, 2.05) is 0 Å². The summed E-state index contributed by atoms with van der Waals surface area (Å²) in [5, 5.41) is 20.1. The highest BCUT2D eigenvalue weighted by atomic mass is 79.9. The molecule has 19 heavy (non-hydrogen) atoms. The maximum absolute atomic E-state index is 11.7. The summed E-state index contributed by atoms with van der Waals surface area (Å²) in [6.45, 7) is 3.44. The van der Waals surface area contributed by atoms with Gasteiger partial charge in [0.25, 0.3) is 5.69 Å². The van der Waals surface area contributed by atoms with Crippen molar-refractivity contribution < 1.29 is 14.5 Å². The third kappa shape index (κ3) is 3.29. The average Bonchev–Trinajstić information content (AvgIpc) is 2.34. The lowest BCUT2D eigenvalue weighted by Crippen LogP contribution is -2.16. The normalized spacial score (nSPS) is 11.5. The summed E-state index contributed by atoms with van der Waals surface area (Å²) in [5.74, 6) is -2.08. The minimum Gasteiger partial charge on any atom is -0.465 e. The van der Waals surface area contributed by atoms with Crippen LogP contribution >= 0.6 is 15.9 Å². The summed E-state index contributed by atoms with van der Waals surface area (Å²) < 4.78 is 5.30. The summed E-state index contributed by atoms with van der Waals surface area (Å²) in [5.41, 5.74) is 0.467. The van der Waals surface area contributed by atoms with E-state index < -0.39 is 16.8 Å². The van der Waals surface area contributed by atoms with Crippen molar-refractivity contribution in [3.63, 3.8) is 0 Å². The van der Waals surface area contributed by atoms with E-state index in [-0.39, 0.29) is 17.9 Å². The maximum Gasteiger partial charge on any atom is 0.328 e. The Morgan fingerprint density at radius 2 is 2.26 bits per heavy atom. The van der Waals surface area contributed by atoms with Crippen molar-refractivity contribution in [3.05, 3.63) is 37.8 Å². The van der Waals surface area contributed by atoms with Crippen LogP contribution < -0.4 is 0 Å². The highest BCUT2D eigenvalue weighted by molar-refractivity contribution is 9.10. The lowest BCUT2D eigenvalue weighted by Gasteiger charge is -2.10. The topological polar surface area (TPSA) is 93.2 Å². The molecule has 0 fully saturated rings. The van der Waals surface area contributed by atoms with Gasteiger partial charge >= 0.3 is 5.97 Å². The van der Waals surface area contributed by atoms with E-state index in [2.05, 4.69) is 15.9 Å². The van der Waals surface area contributed by atoms with Gasteiger partial charge in [0.1, 0.15) is 0 Å². The van der Waals surface area contributed by atoms with Gasteiger partial charge in [-0.15, -0.1) is 0 Å². The van der Waals surface area contributed by atoms with Crippen molar-refractivity contribution in [3.8, 4) is 6.07 Å². The number of hydrogen-bond acceptors (Lipinski definition) is 5. The first-order valence-electron chi connectivity index (χ1n) is 5.43. The highest BCUT2D eigenvalue weighted by Gasteiger charge is 2.30. The number of aryl methyl sites for hydroxylation is 1. The number of rotatable bonds is 4. The molecule has 0 spiro atoms.